The van der Waals surface area contributed by atoms with Crippen molar-refractivity contribution < 1.29 is 23.6 Å². The van der Waals surface area contributed by atoms with Gasteiger partial charge in [-0.2, -0.15) is 0 Å². The van der Waals surface area contributed by atoms with E-state index in [1.165, 1.54) is 36.6 Å². The van der Waals surface area contributed by atoms with Crippen molar-refractivity contribution in [2.75, 3.05) is 0 Å². The first-order valence-electron chi connectivity index (χ1n) is 10.9. The highest BCUT2D eigenvalue weighted by Crippen LogP contribution is 2.28. The minimum absolute atomic E-state index is 0.00140. The molecule has 0 spiro atoms. The van der Waals surface area contributed by atoms with Crippen LogP contribution in [0.5, 0.6) is 17.2 Å². The van der Waals surface area contributed by atoms with Gasteiger partial charge in [-0.3, -0.25) is 14.9 Å². The van der Waals surface area contributed by atoms with Gasteiger partial charge in [0.2, 0.25) is 11.2 Å². The molecule has 0 aliphatic rings. The first-order chi connectivity index (χ1) is 17.9. The van der Waals surface area contributed by atoms with Crippen molar-refractivity contribution in [1.29, 1.82) is 0 Å². The van der Waals surface area contributed by atoms with Crippen LogP contribution in [0.2, 0.25) is 5.02 Å². The summed E-state index contributed by atoms with van der Waals surface area (Å²) in [5, 5.41) is 11.2. The fourth-order valence-electron chi connectivity index (χ4n) is 3.64. The first-order valence-corrected chi connectivity index (χ1v) is 11.3. The maximum atomic E-state index is 12.9. The number of benzene rings is 4. The molecular formula is C28H16ClNO7. The zero-order chi connectivity index (χ0) is 25.9. The molecule has 0 N–H and O–H groups in total. The Hall–Kier alpha value is -4.95. The number of hydrogen-bond acceptors (Lipinski definition) is 7. The van der Waals surface area contributed by atoms with E-state index >= 15 is 0 Å². The zero-order valence-electron chi connectivity index (χ0n) is 18.9. The molecule has 0 aliphatic heterocycles. The Balaban J connectivity index is 1.35. The normalized spacial score (nSPS) is 10.7. The van der Waals surface area contributed by atoms with E-state index in [0.717, 1.165) is 17.2 Å². The van der Waals surface area contributed by atoms with Crippen LogP contribution in [0, 0.1) is 10.1 Å². The Labute approximate surface area is 214 Å². The number of fused-ring (bicyclic) bond motifs is 1. The summed E-state index contributed by atoms with van der Waals surface area (Å²) in [5.74, 6) is -0.374. The fraction of sp³-hybridized carbons (Fsp3) is 0. The van der Waals surface area contributed by atoms with E-state index in [4.69, 9.17) is 25.5 Å². The minimum Gasteiger partial charge on any atom is -0.460 e. The highest BCUT2D eigenvalue weighted by molar-refractivity contribution is 6.33. The maximum Gasteiger partial charge on any atom is 0.345 e. The van der Waals surface area contributed by atoms with Crippen LogP contribution in [0.3, 0.4) is 0 Å². The third-order valence-corrected chi connectivity index (χ3v) is 5.82. The molecule has 0 radical (unpaired) electrons. The van der Waals surface area contributed by atoms with Crippen molar-refractivity contribution >= 4 is 34.2 Å². The Bertz CT molecular complexity index is 1700. The first kappa shape index (κ1) is 23.8. The summed E-state index contributed by atoms with van der Waals surface area (Å²) < 4.78 is 16.6. The highest BCUT2D eigenvalue weighted by atomic mass is 35.5. The van der Waals surface area contributed by atoms with Gasteiger partial charge in [-0.1, -0.05) is 54.1 Å². The molecule has 1 aromatic heterocycles. The monoisotopic (exact) mass is 513 g/mol. The van der Waals surface area contributed by atoms with Crippen LogP contribution < -0.4 is 14.9 Å². The highest BCUT2D eigenvalue weighted by Gasteiger charge is 2.19. The topological polar surface area (TPSA) is 109 Å². The smallest absolute Gasteiger partial charge is 0.345 e. The van der Waals surface area contributed by atoms with Crippen LogP contribution in [-0.4, -0.2) is 10.9 Å². The Morgan fingerprint density at radius 1 is 0.865 bits per heavy atom. The zero-order valence-corrected chi connectivity index (χ0v) is 19.7. The summed E-state index contributed by atoms with van der Waals surface area (Å²) in [7, 11) is 0. The number of hydrogen-bond donors (Lipinski definition) is 0. The van der Waals surface area contributed by atoms with Crippen molar-refractivity contribution in [2.24, 2.45) is 0 Å². The summed E-state index contributed by atoms with van der Waals surface area (Å²) in [6.07, 6.45) is 1.18. The summed E-state index contributed by atoms with van der Waals surface area (Å²) in [4.78, 5) is 35.8. The van der Waals surface area contributed by atoms with Gasteiger partial charge in [0.25, 0.3) is 5.69 Å². The number of carbonyl (C=O) groups is 1. The average Bonchev–Trinajstić information content (AvgIpc) is 2.91. The summed E-state index contributed by atoms with van der Waals surface area (Å²) in [5.41, 5.74) is 1.35. The van der Waals surface area contributed by atoms with Crippen molar-refractivity contribution in [2.45, 2.75) is 0 Å². The number of halogens is 1. The molecule has 0 saturated heterocycles. The van der Waals surface area contributed by atoms with Gasteiger partial charge in [0.05, 0.1) is 20.9 Å². The van der Waals surface area contributed by atoms with Gasteiger partial charge in [-0.15, -0.1) is 0 Å². The van der Waals surface area contributed by atoms with E-state index in [1.54, 1.807) is 12.1 Å². The Morgan fingerprint density at radius 3 is 2.30 bits per heavy atom. The molecule has 5 rings (SSSR count). The number of nitrogens with zero attached hydrogens (tertiary/aromatic N) is 1. The van der Waals surface area contributed by atoms with Crippen LogP contribution in [0.25, 0.3) is 22.1 Å². The predicted octanol–water partition coefficient (Wildman–Crippen LogP) is 7.03. The van der Waals surface area contributed by atoms with Gasteiger partial charge in [0, 0.05) is 18.2 Å². The van der Waals surface area contributed by atoms with Gasteiger partial charge in [-0.05, 0) is 41.5 Å². The SMILES string of the molecule is O=C(Oc1ccc2c(=O)c(Oc3ccc(-c4ccccc4)cc3)coc2c1)c1cc([N+](=O)[O-])ccc1Cl. The Morgan fingerprint density at radius 2 is 1.57 bits per heavy atom. The van der Waals surface area contributed by atoms with Crippen LogP contribution in [0.15, 0.2) is 106 Å². The maximum absolute atomic E-state index is 12.9. The predicted molar refractivity (Wildman–Crippen MR) is 138 cm³/mol. The molecule has 4 aromatic carbocycles. The van der Waals surface area contributed by atoms with Gasteiger partial charge in [0.15, 0.2) is 0 Å². The van der Waals surface area contributed by atoms with E-state index in [9.17, 15) is 19.7 Å². The van der Waals surface area contributed by atoms with Crippen molar-refractivity contribution in [3.8, 4) is 28.4 Å². The third kappa shape index (κ3) is 5.05. The molecule has 0 amide bonds. The molecule has 1 heterocycles. The van der Waals surface area contributed by atoms with Crippen LogP contribution in [0.1, 0.15) is 10.4 Å². The molecule has 0 saturated carbocycles. The lowest BCUT2D eigenvalue weighted by atomic mass is 10.1. The number of esters is 1. The van der Waals surface area contributed by atoms with Gasteiger partial charge < -0.3 is 13.9 Å². The molecule has 0 atom stereocenters. The average molecular weight is 514 g/mol. The molecule has 5 aromatic rings. The van der Waals surface area contributed by atoms with E-state index in [-0.39, 0.29) is 38.7 Å². The number of nitro groups is 1. The second kappa shape index (κ2) is 9.96. The van der Waals surface area contributed by atoms with E-state index < -0.39 is 16.3 Å². The molecule has 9 heteroatoms. The van der Waals surface area contributed by atoms with E-state index in [2.05, 4.69) is 0 Å². The lowest BCUT2D eigenvalue weighted by Crippen LogP contribution is -2.10. The van der Waals surface area contributed by atoms with Crippen molar-refractivity contribution in [3.63, 3.8) is 0 Å². The number of non-ortho nitro benzene ring substituents is 1. The number of rotatable bonds is 6. The largest absolute Gasteiger partial charge is 0.460 e. The molecule has 0 unspecified atom stereocenters. The molecule has 0 aliphatic carbocycles. The van der Waals surface area contributed by atoms with Gasteiger partial charge >= 0.3 is 5.97 Å². The van der Waals surface area contributed by atoms with Crippen molar-refractivity contribution in [3.05, 3.63) is 128 Å². The number of ether oxygens (including phenoxy) is 2. The minimum atomic E-state index is -0.894. The second-order valence-corrected chi connectivity index (χ2v) is 8.30. The number of nitro benzene ring substituents is 1. The number of carbonyl (C=O) groups excluding carboxylic acids is 1. The molecular weight excluding hydrogens is 498 g/mol. The second-order valence-electron chi connectivity index (χ2n) is 7.89. The lowest BCUT2D eigenvalue weighted by Gasteiger charge is -2.08. The summed E-state index contributed by atoms with van der Waals surface area (Å²) in [6, 6.07) is 24.8. The summed E-state index contributed by atoms with van der Waals surface area (Å²) >= 11 is 6.00. The molecule has 8 nitrogen and oxygen atoms in total. The standard InChI is InChI=1S/C28H16ClNO7/c29-24-13-8-19(30(33)34)14-23(24)28(32)37-21-11-12-22-25(15-21)35-16-26(27(22)31)36-20-9-6-18(7-10-20)17-4-2-1-3-5-17/h1-16H. The Kier molecular flexibility index (Phi) is 6.40. The van der Waals surface area contributed by atoms with Crippen LogP contribution in [-0.2, 0) is 0 Å². The fourth-order valence-corrected chi connectivity index (χ4v) is 3.84. The van der Waals surface area contributed by atoms with Gasteiger partial charge in [-0.25, -0.2) is 4.79 Å². The molecule has 37 heavy (non-hydrogen) atoms. The lowest BCUT2D eigenvalue weighted by molar-refractivity contribution is -0.384. The van der Waals surface area contributed by atoms with Crippen molar-refractivity contribution in [1.82, 2.24) is 0 Å². The van der Waals surface area contributed by atoms with E-state index in [1.807, 2.05) is 42.5 Å². The van der Waals surface area contributed by atoms with Crippen LogP contribution in [0.4, 0.5) is 5.69 Å². The molecule has 182 valence electrons. The third-order valence-electron chi connectivity index (χ3n) is 5.49. The molecule has 0 fully saturated rings. The van der Waals surface area contributed by atoms with Gasteiger partial charge in [0.1, 0.15) is 23.3 Å². The summed E-state index contributed by atoms with van der Waals surface area (Å²) in [6.45, 7) is 0. The quantitative estimate of drug-likeness (QED) is 0.104. The van der Waals surface area contributed by atoms with Crippen LogP contribution >= 0.6 is 11.6 Å². The molecule has 0 bridgehead atoms. The van der Waals surface area contributed by atoms with E-state index in [0.29, 0.717) is 5.75 Å².